The van der Waals surface area contributed by atoms with Gasteiger partial charge in [0.2, 0.25) is 5.95 Å². The molecule has 90 valence electrons. The van der Waals surface area contributed by atoms with Crippen molar-refractivity contribution in [3.63, 3.8) is 0 Å². The molecule has 0 saturated carbocycles. The van der Waals surface area contributed by atoms with Crippen molar-refractivity contribution in [1.82, 2.24) is 9.55 Å². The number of hydrogen-bond acceptors (Lipinski definition) is 3. The summed E-state index contributed by atoms with van der Waals surface area (Å²) in [5, 5.41) is 0. The van der Waals surface area contributed by atoms with E-state index in [0.29, 0.717) is 5.95 Å². The van der Waals surface area contributed by atoms with Crippen molar-refractivity contribution in [3.8, 4) is 5.75 Å². The Hall–Kier alpha value is -1.81. The molecule has 0 amide bonds. The Morgan fingerprint density at radius 3 is 2.53 bits per heavy atom. The van der Waals surface area contributed by atoms with Crippen LogP contribution in [0.15, 0.2) is 41.7 Å². The van der Waals surface area contributed by atoms with Gasteiger partial charge >= 0.3 is 0 Å². The van der Waals surface area contributed by atoms with Gasteiger partial charge in [0.25, 0.3) is 0 Å². The molecule has 2 aromatic rings. The maximum atomic E-state index is 5.08. The lowest BCUT2D eigenvalue weighted by Crippen LogP contribution is -1.87. The average molecular weight is 252 g/mol. The van der Waals surface area contributed by atoms with Gasteiger partial charge in [0, 0.05) is 25.7 Å². The molecule has 1 heterocycles. The van der Waals surface area contributed by atoms with Gasteiger partial charge in [-0.25, -0.2) is 9.98 Å². The number of aromatic nitrogens is 2. The third-order valence-electron chi connectivity index (χ3n) is 2.24. The molecular formula is C12H14ClN3O. The molecule has 0 unspecified atom stereocenters. The Morgan fingerprint density at radius 1 is 1.29 bits per heavy atom. The second-order valence-electron chi connectivity index (χ2n) is 3.37. The summed E-state index contributed by atoms with van der Waals surface area (Å²) in [6, 6.07) is 7.70. The number of nitrogens with zero attached hydrogens (tertiary/aromatic N) is 3. The summed E-state index contributed by atoms with van der Waals surface area (Å²) in [7, 11) is 3.56. The summed E-state index contributed by atoms with van der Waals surface area (Å²) in [5.74, 6) is 1.53. The van der Waals surface area contributed by atoms with Crippen LogP contribution < -0.4 is 4.74 Å². The second-order valence-corrected chi connectivity index (χ2v) is 3.37. The van der Waals surface area contributed by atoms with E-state index >= 15 is 0 Å². The van der Waals surface area contributed by atoms with Gasteiger partial charge in [-0.05, 0) is 29.8 Å². The fourth-order valence-corrected chi connectivity index (χ4v) is 1.30. The first kappa shape index (κ1) is 13.3. The SMILES string of the molecule is COc1ccc(/C=N/c2nccn2C)cc1.Cl. The highest BCUT2D eigenvalue weighted by atomic mass is 35.5. The van der Waals surface area contributed by atoms with E-state index in [0.717, 1.165) is 11.3 Å². The van der Waals surface area contributed by atoms with Crippen molar-refractivity contribution in [2.75, 3.05) is 7.11 Å². The zero-order valence-electron chi connectivity index (χ0n) is 9.70. The predicted molar refractivity (Wildman–Crippen MR) is 70.7 cm³/mol. The Kier molecular flexibility index (Phi) is 4.72. The predicted octanol–water partition coefficient (Wildman–Crippen LogP) is 2.60. The summed E-state index contributed by atoms with van der Waals surface area (Å²) in [6.07, 6.45) is 5.36. The lowest BCUT2D eigenvalue weighted by Gasteiger charge is -1.98. The van der Waals surface area contributed by atoms with Gasteiger partial charge in [0.05, 0.1) is 7.11 Å². The summed E-state index contributed by atoms with van der Waals surface area (Å²) in [6.45, 7) is 0. The smallest absolute Gasteiger partial charge is 0.229 e. The quantitative estimate of drug-likeness (QED) is 0.787. The molecule has 0 atom stereocenters. The molecule has 0 aliphatic heterocycles. The van der Waals surface area contributed by atoms with Crippen LogP contribution >= 0.6 is 12.4 Å². The maximum absolute atomic E-state index is 5.08. The topological polar surface area (TPSA) is 39.4 Å². The molecule has 0 bridgehead atoms. The summed E-state index contributed by atoms with van der Waals surface area (Å²) in [5.41, 5.74) is 1.02. The summed E-state index contributed by atoms with van der Waals surface area (Å²) >= 11 is 0. The minimum Gasteiger partial charge on any atom is -0.497 e. The van der Waals surface area contributed by atoms with Gasteiger partial charge in [0.15, 0.2) is 0 Å². The highest BCUT2D eigenvalue weighted by Crippen LogP contribution is 2.11. The van der Waals surface area contributed by atoms with Crippen molar-refractivity contribution in [2.45, 2.75) is 0 Å². The Bertz CT molecular complexity index is 491. The zero-order chi connectivity index (χ0) is 11.4. The average Bonchev–Trinajstić information content (AvgIpc) is 2.73. The Morgan fingerprint density at radius 2 is 2.00 bits per heavy atom. The first-order chi connectivity index (χ1) is 7.79. The van der Waals surface area contributed by atoms with E-state index in [1.54, 1.807) is 19.5 Å². The molecule has 1 aromatic carbocycles. The molecule has 0 aliphatic carbocycles. The van der Waals surface area contributed by atoms with E-state index in [9.17, 15) is 0 Å². The molecule has 4 nitrogen and oxygen atoms in total. The summed E-state index contributed by atoms with van der Waals surface area (Å²) in [4.78, 5) is 8.38. The number of methoxy groups -OCH3 is 1. The van der Waals surface area contributed by atoms with Gasteiger partial charge in [0.1, 0.15) is 5.75 Å². The highest BCUT2D eigenvalue weighted by Gasteiger charge is 1.94. The first-order valence-electron chi connectivity index (χ1n) is 4.95. The van der Waals surface area contributed by atoms with Crippen molar-refractivity contribution in [2.24, 2.45) is 12.0 Å². The van der Waals surface area contributed by atoms with Crippen molar-refractivity contribution >= 4 is 24.6 Å². The van der Waals surface area contributed by atoms with E-state index in [2.05, 4.69) is 9.98 Å². The number of hydrogen-bond donors (Lipinski definition) is 0. The normalized spacial score (nSPS) is 10.2. The van der Waals surface area contributed by atoms with Crippen LogP contribution in [0.3, 0.4) is 0 Å². The van der Waals surface area contributed by atoms with E-state index in [1.165, 1.54) is 0 Å². The number of halogens is 1. The molecule has 0 radical (unpaired) electrons. The van der Waals surface area contributed by atoms with E-state index < -0.39 is 0 Å². The number of rotatable bonds is 3. The first-order valence-corrected chi connectivity index (χ1v) is 4.95. The van der Waals surface area contributed by atoms with Crippen LogP contribution in [-0.4, -0.2) is 22.9 Å². The lowest BCUT2D eigenvalue weighted by molar-refractivity contribution is 0.415. The number of aryl methyl sites for hydroxylation is 1. The molecule has 5 heteroatoms. The van der Waals surface area contributed by atoms with Gasteiger partial charge in [-0.3, -0.25) is 0 Å². The van der Waals surface area contributed by atoms with Crippen molar-refractivity contribution in [3.05, 3.63) is 42.2 Å². The molecule has 0 aliphatic rings. The van der Waals surface area contributed by atoms with Crippen LogP contribution in [0.4, 0.5) is 5.95 Å². The fraction of sp³-hybridized carbons (Fsp3) is 0.167. The third-order valence-corrected chi connectivity index (χ3v) is 2.24. The monoisotopic (exact) mass is 251 g/mol. The van der Waals surface area contributed by atoms with Crippen molar-refractivity contribution < 1.29 is 4.74 Å². The fourth-order valence-electron chi connectivity index (χ4n) is 1.30. The maximum Gasteiger partial charge on any atom is 0.229 e. The van der Waals surface area contributed by atoms with E-state index in [4.69, 9.17) is 4.74 Å². The Balaban J connectivity index is 0.00000144. The van der Waals surface area contributed by atoms with Crippen LogP contribution in [0, 0.1) is 0 Å². The summed E-state index contributed by atoms with van der Waals surface area (Å²) < 4.78 is 6.94. The molecule has 1 aromatic heterocycles. The Labute approximate surface area is 106 Å². The number of ether oxygens (including phenoxy) is 1. The van der Waals surface area contributed by atoms with E-state index in [1.807, 2.05) is 42.1 Å². The number of imidazole rings is 1. The molecular weight excluding hydrogens is 238 g/mol. The largest absolute Gasteiger partial charge is 0.497 e. The second kappa shape index (κ2) is 6.06. The number of benzene rings is 1. The van der Waals surface area contributed by atoms with Crippen LogP contribution in [0.2, 0.25) is 0 Å². The standard InChI is InChI=1S/C12H13N3O.ClH/c1-15-8-7-13-12(15)14-9-10-3-5-11(16-2)6-4-10;/h3-9H,1-2H3;1H/b14-9+;. The van der Waals surface area contributed by atoms with E-state index in [-0.39, 0.29) is 12.4 Å². The molecule has 17 heavy (non-hydrogen) atoms. The lowest BCUT2D eigenvalue weighted by atomic mass is 10.2. The number of aliphatic imine (C=N–C) groups is 1. The van der Waals surface area contributed by atoms with Crippen LogP contribution in [-0.2, 0) is 7.05 Å². The molecule has 2 rings (SSSR count). The van der Waals surface area contributed by atoms with Gasteiger partial charge in [-0.15, -0.1) is 12.4 Å². The molecule has 0 saturated heterocycles. The molecule has 0 fully saturated rings. The van der Waals surface area contributed by atoms with Crippen molar-refractivity contribution in [1.29, 1.82) is 0 Å². The minimum atomic E-state index is 0. The van der Waals surface area contributed by atoms with Crippen LogP contribution in [0.25, 0.3) is 0 Å². The highest BCUT2D eigenvalue weighted by molar-refractivity contribution is 5.85. The third kappa shape index (κ3) is 3.32. The van der Waals surface area contributed by atoms with Crippen LogP contribution in [0.1, 0.15) is 5.56 Å². The van der Waals surface area contributed by atoms with Crippen LogP contribution in [0.5, 0.6) is 5.75 Å². The molecule has 0 spiro atoms. The minimum absolute atomic E-state index is 0. The van der Waals surface area contributed by atoms with Gasteiger partial charge < -0.3 is 9.30 Å². The van der Waals surface area contributed by atoms with Gasteiger partial charge in [-0.2, -0.15) is 0 Å². The van der Waals surface area contributed by atoms with Gasteiger partial charge in [-0.1, -0.05) is 0 Å². The molecule has 0 N–H and O–H groups in total. The zero-order valence-corrected chi connectivity index (χ0v) is 10.5.